The minimum absolute atomic E-state index is 0.0269. The van der Waals surface area contributed by atoms with E-state index in [4.69, 9.17) is 14.4 Å². The molecule has 9 aromatic rings. The van der Waals surface area contributed by atoms with Crippen LogP contribution in [0.2, 0.25) is 0 Å². The molecule has 0 saturated heterocycles. The molecule has 0 aliphatic rings. The molecule has 0 spiro atoms. The Bertz CT molecular complexity index is 2790. The number of para-hydroxylation sites is 1. The number of rotatable bonds is 2. The van der Waals surface area contributed by atoms with Gasteiger partial charge in [0.25, 0.3) is 0 Å². The summed E-state index contributed by atoms with van der Waals surface area (Å²) in [4.78, 5) is 10.5. The Morgan fingerprint density at radius 2 is 1.14 bits per heavy atom. The van der Waals surface area contributed by atoms with Gasteiger partial charge in [0.2, 0.25) is 0 Å². The molecule has 0 radical (unpaired) electrons. The van der Waals surface area contributed by atoms with Crippen LogP contribution in [0.4, 0.5) is 0 Å². The summed E-state index contributed by atoms with van der Waals surface area (Å²) in [7, 11) is 0. The third kappa shape index (κ3) is 4.71. The van der Waals surface area contributed by atoms with Crippen molar-refractivity contribution in [2.75, 3.05) is 0 Å². The number of hydrogen-bond donors (Lipinski definition) is 0. The van der Waals surface area contributed by atoms with Gasteiger partial charge in [0.15, 0.2) is 0 Å². The average molecular weight is 635 g/mol. The summed E-state index contributed by atoms with van der Waals surface area (Å²) in [5, 5.41) is 9.41. The fourth-order valence-corrected chi connectivity index (χ4v) is 7.43. The van der Waals surface area contributed by atoms with E-state index in [1.54, 1.807) is 0 Å². The van der Waals surface area contributed by atoms with Crippen LogP contribution in [0.15, 0.2) is 126 Å². The predicted octanol–water partition coefficient (Wildman–Crippen LogP) is 12.9. The monoisotopic (exact) mass is 634 g/mol. The maximum Gasteiger partial charge on any atom is 0.143 e. The van der Waals surface area contributed by atoms with Crippen LogP contribution in [0.25, 0.3) is 87.7 Å². The van der Waals surface area contributed by atoms with E-state index in [-0.39, 0.29) is 10.8 Å². The van der Waals surface area contributed by atoms with Crippen molar-refractivity contribution in [1.82, 2.24) is 9.97 Å². The van der Waals surface area contributed by atoms with Gasteiger partial charge in [-0.25, -0.2) is 4.98 Å². The second kappa shape index (κ2) is 10.5. The molecule has 238 valence electrons. The van der Waals surface area contributed by atoms with E-state index in [1.165, 1.54) is 32.7 Å². The Morgan fingerprint density at radius 3 is 1.86 bits per heavy atom. The normalized spacial score (nSPS) is 12.7. The lowest BCUT2D eigenvalue weighted by molar-refractivity contribution is 0.590. The zero-order valence-electron chi connectivity index (χ0n) is 28.8. The van der Waals surface area contributed by atoms with Crippen molar-refractivity contribution in [3.63, 3.8) is 0 Å². The smallest absolute Gasteiger partial charge is 0.143 e. The van der Waals surface area contributed by atoms with Gasteiger partial charge in [-0.3, -0.25) is 4.98 Å². The van der Waals surface area contributed by atoms with E-state index in [9.17, 15) is 0 Å². The van der Waals surface area contributed by atoms with Crippen LogP contribution >= 0.6 is 0 Å². The van der Waals surface area contributed by atoms with E-state index < -0.39 is 0 Å². The van der Waals surface area contributed by atoms with Gasteiger partial charge in [0, 0.05) is 32.7 Å². The quantitative estimate of drug-likeness (QED) is 0.178. The van der Waals surface area contributed by atoms with E-state index in [0.717, 1.165) is 66.1 Å². The fraction of sp³-hybridized carbons (Fsp3) is 0.174. The molecule has 2 heterocycles. The first-order valence-corrected chi connectivity index (χ1v) is 17.2. The highest BCUT2D eigenvalue weighted by molar-refractivity contribution is 6.24. The van der Waals surface area contributed by atoms with Crippen molar-refractivity contribution in [2.45, 2.75) is 52.4 Å². The van der Waals surface area contributed by atoms with Crippen molar-refractivity contribution in [3.05, 3.63) is 133 Å². The van der Waals surface area contributed by atoms with Gasteiger partial charge in [0.05, 0.1) is 22.9 Å². The van der Waals surface area contributed by atoms with Gasteiger partial charge < -0.3 is 4.42 Å². The van der Waals surface area contributed by atoms with Gasteiger partial charge >= 0.3 is 0 Å². The van der Waals surface area contributed by atoms with Crippen LogP contribution in [0, 0.1) is 0 Å². The molecule has 0 amide bonds. The number of fused-ring (bicyclic) bond motifs is 11. The summed E-state index contributed by atoms with van der Waals surface area (Å²) in [5.74, 6) is 0. The summed E-state index contributed by atoms with van der Waals surface area (Å²) in [6.07, 6.45) is 1.94. The van der Waals surface area contributed by atoms with Gasteiger partial charge in [0.1, 0.15) is 11.2 Å². The number of furan rings is 1. The first-order valence-electron chi connectivity index (χ1n) is 17.2. The van der Waals surface area contributed by atoms with Crippen LogP contribution in [0.5, 0.6) is 0 Å². The fourth-order valence-electron chi connectivity index (χ4n) is 7.43. The molecule has 3 nitrogen and oxygen atoms in total. The van der Waals surface area contributed by atoms with Crippen molar-refractivity contribution in [3.8, 4) is 22.4 Å². The highest BCUT2D eigenvalue weighted by atomic mass is 16.3. The molecule has 0 atom stereocenters. The van der Waals surface area contributed by atoms with Crippen LogP contribution in [0.3, 0.4) is 0 Å². The molecule has 0 aliphatic carbocycles. The van der Waals surface area contributed by atoms with Crippen LogP contribution < -0.4 is 0 Å². The van der Waals surface area contributed by atoms with Gasteiger partial charge in [-0.05, 0) is 79.4 Å². The molecule has 3 heteroatoms. The molecule has 0 aliphatic heterocycles. The molecular weight excluding hydrogens is 597 g/mol. The molecule has 0 fully saturated rings. The zero-order chi connectivity index (χ0) is 33.7. The SMILES string of the molecule is CC(C)(C)c1ccc2c(c1)c1cc(C(C)(C)C)ccc1c1nc(-c3cccc(-c4cc5ccccc5c5c4oc4ccccc45)c3)cnc21. The molecular formula is C46H38N2O. The second-order valence-corrected chi connectivity index (χ2v) is 15.5. The lowest BCUT2D eigenvalue weighted by Crippen LogP contribution is -2.11. The Hall–Kier alpha value is -5.54. The lowest BCUT2D eigenvalue weighted by atomic mass is 9.83. The van der Waals surface area contributed by atoms with E-state index in [0.29, 0.717) is 0 Å². The minimum atomic E-state index is 0.0269. The molecule has 0 bridgehead atoms. The third-order valence-electron chi connectivity index (χ3n) is 10.2. The van der Waals surface area contributed by atoms with Crippen LogP contribution in [-0.2, 0) is 10.8 Å². The van der Waals surface area contributed by atoms with Crippen LogP contribution in [0.1, 0.15) is 52.7 Å². The summed E-state index contributed by atoms with van der Waals surface area (Å²) in [6, 6.07) is 41.5. The van der Waals surface area contributed by atoms with Crippen molar-refractivity contribution in [1.29, 1.82) is 0 Å². The Labute approximate surface area is 286 Å². The molecule has 9 rings (SSSR count). The largest absolute Gasteiger partial charge is 0.455 e. The average Bonchev–Trinajstić information content (AvgIpc) is 3.50. The topological polar surface area (TPSA) is 38.9 Å². The Morgan fingerprint density at radius 1 is 0.510 bits per heavy atom. The summed E-state index contributed by atoms with van der Waals surface area (Å²) in [5.41, 5.74) is 10.4. The van der Waals surface area contributed by atoms with E-state index in [2.05, 4.69) is 151 Å². The van der Waals surface area contributed by atoms with E-state index in [1.807, 2.05) is 12.3 Å². The number of benzene rings is 7. The number of hydrogen-bond acceptors (Lipinski definition) is 3. The summed E-state index contributed by atoms with van der Waals surface area (Å²) >= 11 is 0. The molecule has 49 heavy (non-hydrogen) atoms. The first kappa shape index (κ1) is 29.6. The molecule has 0 N–H and O–H groups in total. The number of aromatic nitrogens is 2. The van der Waals surface area contributed by atoms with Gasteiger partial charge in [-0.1, -0.05) is 126 Å². The summed E-state index contributed by atoms with van der Waals surface area (Å²) in [6.45, 7) is 13.6. The summed E-state index contributed by atoms with van der Waals surface area (Å²) < 4.78 is 6.57. The van der Waals surface area contributed by atoms with Crippen molar-refractivity contribution < 1.29 is 4.42 Å². The first-order chi connectivity index (χ1) is 23.5. The van der Waals surface area contributed by atoms with Crippen molar-refractivity contribution in [2.24, 2.45) is 0 Å². The zero-order valence-corrected chi connectivity index (χ0v) is 28.8. The minimum Gasteiger partial charge on any atom is -0.455 e. The third-order valence-corrected chi connectivity index (χ3v) is 10.2. The van der Waals surface area contributed by atoms with Crippen molar-refractivity contribution >= 4 is 65.3 Å². The highest BCUT2D eigenvalue weighted by Gasteiger charge is 2.21. The number of nitrogens with zero attached hydrogens (tertiary/aromatic N) is 2. The molecule has 2 aromatic heterocycles. The van der Waals surface area contributed by atoms with Gasteiger partial charge in [-0.15, -0.1) is 0 Å². The predicted molar refractivity (Wildman–Crippen MR) is 208 cm³/mol. The molecule has 0 unspecified atom stereocenters. The van der Waals surface area contributed by atoms with E-state index >= 15 is 0 Å². The van der Waals surface area contributed by atoms with Gasteiger partial charge in [-0.2, -0.15) is 0 Å². The maximum absolute atomic E-state index is 6.57. The maximum atomic E-state index is 6.57. The lowest BCUT2D eigenvalue weighted by Gasteiger charge is -2.22. The standard InChI is InChI=1S/C46H38N2O/c1-45(2,3)30-18-20-33-37(24-30)38-25-31(46(4,5)6)19-21-34(38)43-42(33)47-26-39(48-43)29-14-11-13-27(22-29)36-23-28-12-7-8-15-32(28)41-35-16-9-10-17-40(35)49-44(36)41/h7-26H,1-6H3. The van der Waals surface area contributed by atoms with Crippen LogP contribution in [-0.4, -0.2) is 9.97 Å². The Balaban J connectivity index is 1.27. The Kier molecular flexibility index (Phi) is 6.33. The second-order valence-electron chi connectivity index (χ2n) is 15.5. The molecule has 7 aromatic carbocycles. The highest BCUT2D eigenvalue weighted by Crippen LogP contribution is 2.42. The molecule has 0 saturated carbocycles.